The zero-order chi connectivity index (χ0) is 55.4. The molecule has 0 amide bonds. The Balaban J connectivity index is 0.803. The Labute approximate surface area is 479 Å². The number of fused-ring (bicyclic) bond motifs is 9. The monoisotopic (exact) mass is 1040 g/mol. The topological polar surface area (TPSA) is 6.48 Å². The first-order valence-electron chi connectivity index (χ1n) is 29.0. The van der Waals surface area contributed by atoms with Crippen LogP contribution in [0.15, 0.2) is 254 Å². The molecule has 4 aliphatic carbocycles. The van der Waals surface area contributed by atoms with Crippen LogP contribution in [0.3, 0.4) is 0 Å². The zero-order valence-corrected chi connectivity index (χ0v) is 47.9. The minimum Gasteiger partial charge on any atom is -0.311 e. The number of hydrogen-bond donors (Lipinski definition) is 0. The van der Waals surface area contributed by atoms with Crippen molar-refractivity contribution < 1.29 is 0 Å². The summed E-state index contributed by atoms with van der Waals surface area (Å²) in [5.41, 5.74) is 32.7. The number of allylic oxidation sites excluding steroid dienone is 5. The first-order chi connectivity index (χ1) is 39.2. The molecule has 394 valence electrons. The summed E-state index contributed by atoms with van der Waals surface area (Å²) in [5.74, 6) is 0. The van der Waals surface area contributed by atoms with Gasteiger partial charge in [0.05, 0.1) is 0 Å². The molecule has 0 N–H and O–H groups in total. The average molecular weight is 1050 g/mol. The van der Waals surface area contributed by atoms with E-state index in [4.69, 9.17) is 0 Å². The van der Waals surface area contributed by atoms with Crippen molar-refractivity contribution in [2.24, 2.45) is 0 Å². The number of rotatable bonds is 9. The third-order valence-corrected chi connectivity index (χ3v) is 18.5. The van der Waals surface area contributed by atoms with E-state index < -0.39 is 0 Å². The molecule has 0 aliphatic heterocycles. The fraction of sp³-hybridized carbons (Fsp3) is 0.165. The normalized spacial score (nSPS) is 17.1. The highest BCUT2D eigenvalue weighted by Gasteiger charge is 2.43. The molecule has 0 radical (unpaired) electrons. The van der Waals surface area contributed by atoms with E-state index in [1.807, 2.05) is 0 Å². The van der Waals surface area contributed by atoms with E-state index in [0.717, 1.165) is 47.0 Å². The molecule has 0 spiro atoms. The number of nitrogens with zero attached hydrogens (tertiary/aromatic N) is 2. The second-order valence-corrected chi connectivity index (χ2v) is 24.6. The minimum absolute atomic E-state index is 0.117. The predicted octanol–water partition coefficient (Wildman–Crippen LogP) is 21.7. The van der Waals surface area contributed by atoms with Crippen LogP contribution in [0.4, 0.5) is 28.4 Å². The van der Waals surface area contributed by atoms with Crippen molar-refractivity contribution in [2.75, 3.05) is 9.80 Å². The lowest BCUT2D eigenvalue weighted by molar-refractivity contribution is 0.652. The highest BCUT2D eigenvalue weighted by molar-refractivity contribution is 5.97. The summed E-state index contributed by atoms with van der Waals surface area (Å²) >= 11 is 0. The third-order valence-electron chi connectivity index (χ3n) is 18.5. The minimum atomic E-state index is -0.206. The van der Waals surface area contributed by atoms with Crippen molar-refractivity contribution >= 4 is 28.4 Å². The maximum Gasteiger partial charge on any atom is 0.0465 e. The van der Waals surface area contributed by atoms with Crippen LogP contribution >= 0.6 is 0 Å². The number of benzene rings is 10. The summed E-state index contributed by atoms with van der Waals surface area (Å²) in [4.78, 5) is 4.82. The molecule has 0 aromatic heterocycles. The van der Waals surface area contributed by atoms with Gasteiger partial charge >= 0.3 is 0 Å². The predicted molar refractivity (Wildman–Crippen MR) is 344 cm³/mol. The van der Waals surface area contributed by atoms with Crippen LogP contribution in [0.1, 0.15) is 100 Å². The molecule has 14 rings (SSSR count). The second kappa shape index (κ2) is 19.1. The van der Waals surface area contributed by atoms with Crippen molar-refractivity contribution in [3.63, 3.8) is 0 Å². The summed E-state index contributed by atoms with van der Waals surface area (Å²) in [6, 6.07) is 82.4. The van der Waals surface area contributed by atoms with Gasteiger partial charge in [0.25, 0.3) is 0 Å². The van der Waals surface area contributed by atoms with Crippen LogP contribution in [0, 0.1) is 6.92 Å². The zero-order valence-electron chi connectivity index (χ0n) is 47.9. The van der Waals surface area contributed by atoms with Crippen molar-refractivity contribution in [2.45, 2.75) is 84.5 Å². The van der Waals surface area contributed by atoms with Gasteiger partial charge in [-0.2, -0.15) is 0 Å². The molecule has 2 nitrogen and oxygen atoms in total. The lowest BCUT2D eigenvalue weighted by atomic mass is 9.79. The Morgan fingerprint density at radius 3 is 1.51 bits per heavy atom. The van der Waals surface area contributed by atoms with Crippen LogP contribution in [0.2, 0.25) is 0 Å². The van der Waals surface area contributed by atoms with E-state index in [2.05, 4.69) is 308 Å². The van der Waals surface area contributed by atoms with Gasteiger partial charge in [-0.05, 0) is 218 Å². The van der Waals surface area contributed by atoms with Crippen molar-refractivity contribution in [1.29, 1.82) is 0 Å². The highest BCUT2D eigenvalue weighted by atomic mass is 15.1. The fourth-order valence-corrected chi connectivity index (χ4v) is 13.9. The summed E-state index contributed by atoms with van der Waals surface area (Å²) in [6.45, 7) is 18.8. The van der Waals surface area contributed by atoms with Gasteiger partial charge in [0.2, 0.25) is 0 Å². The van der Waals surface area contributed by atoms with E-state index in [0.29, 0.717) is 0 Å². The van der Waals surface area contributed by atoms with Crippen molar-refractivity contribution in [3.8, 4) is 66.8 Å². The van der Waals surface area contributed by atoms with E-state index in [9.17, 15) is 0 Å². The smallest absolute Gasteiger partial charge is 0.0465 e. The van der Waals surface area contributed by atoms with Gasteiger partial charge in [-0.1, -0.05) is 204 Å². The van der Waals surface area contributed by atoms with Gasteiger partial charge in [-0.3, -0.25) is 0 Å². The Hall–Kier alpha value is -8.98. The Morgan fingerprint density at radius 1 is 0.321 bits per heavy atom. The molecule has 0 atom stereocenters. The first kappa shape index (κ1) is 50.3. The standard InChI is InChI=1S/C79H68N2/c1-51-17-12-13-20-58(35-25-51)80(59-36-26-52(2)27-37-59)60-40-30-55(31-41-60)57-34-45-67-68-49-75-69(50-74(68)79(7,8)72(67)47-57)76-64(22-16-24-71(76)78(75,5)6)56-32-42-62(43-33-56)81(61-38-28-54(29-39-61)53-18-10-9-11-19-53)63-44-46-66-65-21-14-15-23-70(65)77(3,4)73(66)48-63/h9-11,13-16,18-50H,12,17H2,1-8H3/b20-13-,51-25-,58-35+. The summed E-state index contributed by atoms with van der Waals surface area (Å²) < 4.78 is 0. The average Bonchev–Trinajstić information content (AvgIpc) is 4.12. The third kappa shape index (κ3) is 8.29. The lowest BCUT2D eigenvalue weighted by Gasteiger charge is -2.28. The molecular formula is C79H68N2. The van der Waals surface area contributed by atoms with Gasteiger partial charge in [-0.15, -0.1) is 0 Å². The molecule has 4 aliphatic rings. The Morgan fingerprint density at radius 2 is 0.790 bits per heavy atom. The van der Waals surface area contributed by atoms with E-state index >= 15 is 0 Å². The van der Waals surface area contributed by atoms with Crippen molar-refractivity contribution in [1.82, 2.24) is 0 Å². The fourth-order valence-electron chi connectivity index (χ4n) is 13.9. The molecule has 0 saturated carbocycles. The molecule has 10 aromatic carbocycles. The Bertz CT molecular complexity index is 4220. The molecular weight excluding hydrogens is 977 g/mol. The van der Waals surface area contributed by atoms with Crippen LogP contribution in [0.5, 0.6) is 0 Å². The quantitative estimate of drug-likeness (QED) is 0.142. The second-order valence-electron chi connectivity index (χ2n) is 24.6. The van der Waals surface area contributed by atoms with Gasteiger partial charge < -0.3 is 9.80 Å². The van der Waals surface area contributed by atoms with E-state index in [1.54, 1.807) is 0 Å². The molecule has 0 saturated heterocycles. The largest absolute Gasteiger partial charge is 0.311 e. The molecule has 0 bridgehead atoms. The van der Waals surface area contributed by atoms with E-state index in [-0.39, 0.29) is 16.2 Å². The highest BCUT2D eigenvalue weighted by Crippen LogP contribution is 2.59. The molecule has 10 aromatic rings. The molecule has 81 heavy (non-hydrogen) atoms. The van der Waals surface area contributed by atoms with Gasteiger partial charge in [0, 0.05) is 50.4 Å². The SMILES string of the molecule is C/C1=C/C=C(N(c2ccc(C)cc2)c2ccc(-c3ccc4c(c3)C(C)(C)c3cc5c(cc3-4)C(C)(C)c3cccc(-c4ccc(N(c6ccc(-c7ccccc7)cc6)c6ccc7c(c6)C(C)(C)c6ccccc6-7)cc4)c3-5)cc2)\C=C/CC1. The molecule has 0 heterocycles. The lowest BCUT2D eigenvalue weighted by Crippen LogP contribution is -2.17. The van der Waals surface area contributed by atoms with Gasteiger partial charge in [-0.25, -0.2) is 0 Å². The van der Waals surface area contributed by atoms with Gasteiger partial charge in [0.1, 0.15) is 0 Å². The molecule has 0 unspecified atom stereocenters. The van der Waals surface area contributed by atoms with Crippen LogP contribution in [-0.4, -0.2) is 0 Å². The van der Waals surface area contributed by atoms with Crippen LogP contribution < -0.4 is 9.80 Å². The molecule has 2 heteroatoms. The maximum absolute atomic E-state index is 2.56. The van der Waals surface area contributed by atoms with E-state index in [1.165, 1.54) is 111 Å². The first-order valence-corrected chi connectivity index (χ1v) is 29.0. The summed E-state index contributed by atoms with van der Waals surface area (Å²) in [7, 11) is 0. The van der Waals surface area contributed by atoms with Crippen LogP contribution in [-0.2, 0) is 16.2 Å². The van der Waals surface area contributed by atoms with Crippen LogP contribution in [0.25, 0.3) is 66.8 Å². The number of hydrogen-bond acceptors (Lipinski definition) is 2. The summed E-state index contributed by atoms with van der Waals surface area (Å²) in [6.07, 6.45) is 11.3. The molecule has 0 fully saturated rings. The maximum atomic E-state index is 2.56. The van der Waals surface area contributed by atoms with Gasteiger partial charge in [0.15, 0.2) is 0 Å². The Kier molecular flexibility index (Phi) is 11.8. The summed E-state index contributed by atoms with van der Waals surface area (Å²) in [5, 5.41) is 0. The van der Waals surface area contributed by atoms with Crippen molar-refractivity contribution in [3.05, 3.63) is 293 Å². The number of aryl methyl sites for hydroxylation is 1. The number of anilines is 5.